The van der Waals surface area contributed by atoms with Crippen LogP contribution in [0.4, 0.5) is 0 Å². The molecule has 1 aromatic rings. The fourth-order valence-corrected chi connectivity index (χ4v) is 2.13. The van der Waals surface area contributed by atoms with Gasteiger partial charge in [-0.1, -0.05) is 25.4 Å². The fraction of sp³-hybridized carbons (Fsp3) is 0.643. The monoisotopic (exact) mass is 298 g/mol. The Morgan fingerprint density at radius 2 is 2.10 bits per heavy atom. The van der Waals surface area contributed by atoms with Crippen LogP contribution in [0.1, 0.15) is 44.1 Å². The fourth-order valence-electron chi connectivity index (χ4n) is 1.98. The van der Waals surface area contributed by atoms with Crippen molar-refractivity contribution in [2.45, 2.75) is 39.7 Å². The summed E-state index contributed by atoms with van der Waals surface area (Å²) in [6.07, 6.45) is 4.83. The number of aromatic nitrogens is 2. The molecule has 0 aromatic carbocycles. The van der Waals surface area contributed by atoms with Crippen LogP contribution in [0.15, 0.2) is 12.4 Å². The molecular formula is C14H23ClN4O. The van der Waals surface area contributed by atoms with E-state index in [-0.39, 0.29) is 22.8 Å². The molecule has 20 heavy (non-hydrogen) atoms. The molecule has 0 aliphatic carbocycles. The molecule has 1 aromatic heterocycles. The predicted octanol–water partition coefficient (Wildman–Crippen LogP) is 2.37. The van der Waals surface area contributed by atoms with Crippen molar-refractivity contribution in [3.05, 3.63) is 23.2 Å². The van der Waals surface area contributed by atoms with E-state index in [4.69, 9.17) is 11.6 Å². The van der Waals surface area contributed by atoms with E-state index < -0.39 is 0 Å². The van der Waals surface area contributed by atoms with Crippen molar-refractivity contribution in [2.75, 3.05) is 19.6 Å². The van der Waals surface area contributed by atoms with E-state index in [0.29, 0.717) is 0 Å². The molecule has 0 bridgehead atoms. The van der Waals surface area contributed by atoms with Crippen LogP contribution in [0.3, 0.4) is 0 Å². The molecule has 1 amide bonds. The van der Waals surface area contributed by atoms with Gasteiger partial charge in [0.05, 0.1) is 12.4 Å². The summed E-state index contributed by atoms with van der Waals surface area (Å²) in [5.41, 5.74) is 0.257. The number of halogens is 1. The normalized spacial score (nSPS) is 12.4. The Morgan fingerprint density at radius 1 is 1.40 bits per heavy atom. The molecule has 0 radical (unpaired) electrons. The van der Waals surface area contributed by atoms with Gasteiger partial charge in [-0.25, -0.2) is 4.98 Å². The highest BCUT2D eigenvalue weighted by atomic mass is 35.5. The molecular weight excluding hydrogens is 276 g/mol. The zero-order chi connectivity index (χ0) is 15.0. The number of amides is 1. The quantitative estimate of drug-likeness (QED) is 0.800. The molecule has 0 aliphatic heterocycles. The summed E-state index contributed by atoms with van der Waals surface area (Å²) in [5, 5.41) is 3.14. The Labute approximate surface area is 125 Å². The lowest BCUT2D eigenvalue weighted by molar-refractivity contribution is 0.0932. The zero-order valence-corrected chi connectivity index (χ0v) is 13.2. The molecule has 1 heterocycles. The molecule has 0 saturated carbocycles. The van der Waals surface area contributed by atoms with Gasteiger partial charge in [-0.3, -0.25) is 9.78 Å². The molecule has 0 fully saturated rings. The van der Waals surface area contributed by atoms with E-state index in [1.54, 1.807) is 0 Å². The van der Waals surface area contributed by atoms with Crippen LogP contribution in [0.5, 0.6) is 0 Å². The van der Waals surface area contributed by atoms with E-state index in [0.717, 1.165) is 32.5 Å². The van der Waals surface area contributed by atoms with E-state index in [9.17, 15) is 4.79 Å². The van der Waals surface area contributed by atoms with E-state index >= 15 is 0 Å². The van der Waals surface area contributed by atoms with Gasteiger partial charge in [0.25, 0.3) is 5.91 Å². The minimum absolute atomic E-state index is 0.110. The molecule has 1 unspecified atom stereocenters. The summed E-state index contributed by atoms with van der Waals surface area (Å²) in [4.78, 5) is 22.1. The third-order valence-corrected chi connectivity index (χ3v) is 3.40. The first-order valence-electron chi connectivity index (χ1n) is 7.07. The highest BCUT2D eigenvalue weighted by Crippen LogP contribution is 2.04. The van der Waals surface area contributed by atoms with Crippen molar-refractivity contribution in [2.24, 2.45) is 0 Å². The Balaban J connectivity index is 2.35. The second-order valence-electron chi connectivity index (χ2n) is 4.77. The number of nitrogens with zero attached hydrogens (tertiary/aromatic N) is 3. The first kappa shape index (κ1) is 16.9. The maximum absolute atomic E-state index is 11.9. The second-order valence-corrected chi connectivity index (χ2v) is 5.16. The van der Waals surface area contributed by atoms with Gasteiger partial charge in [0.2, 0.25) is 0 Å². The molecule has 0 saturated heterocycles. The van der Waals surface area contributed by atoms with Gasteiger partial charge in [-0.05, 0) is 39.4 Å². The van der Waals surface area contributed by atoms with Crippen molar-refractivity contribution in [1.82, 2.24) is 20.2 Å². The third-order valence-electron chi connectivity index (χ3n) is 3.22. The summed E-state index contributed by atoms with van der Waals surface area (Å²) < 4.78 is 0. The van der Waals surface area contributed by atoms with Crippen molar-refractivity contribution >= 4 is 17.5 Å². The molecule has 0 aliphatic rings. The summed E-state index contributed by atoms with van der Waals surface area (Å²) in [6.45, 7) is 9.51. The molecule has 1 N–H and O–H groups in total. The van der Waals surface area contributed by atoms with Crippen molar-refractivity contribution < 1.29 is 4.79 Å². The van der Waals surface area contributed by atoms with E-state index in [2.05, 4.69) is 34.0 Å². The lowest BCUT2D eigenvalue weighted by atomic mass is 10.1. The summed E-state index contributed by atoms with van der Waals surface area (Å²) in [5.74, 6) is -0.227. The molecule has 0 spiro atoms. The van der Waals surface area contributed by atoms with Crippen LogP contribution >= 0.6 is 11.6 Å². The number of carbonyl (C=O) groups is 1. The first-order valence-corrected chi connectivity index (χ1v) is 7.45. The SMILES string of the molecule is CCN(CC)CCCC(C)NC(=O)c1cncc(Cl)n1. The maximum Gasteiger partial charge on any atom is 0.271 e. The van der Waals surface area contributed by atoms with Gasteiger partial charge in [0, 0.05) is 6.04 Å². The Bertz CT molecular complexity index is 423. The zero-order valence-electron chi connectivity index (χ0n) is 12.4. The van der Waals surface area contributed by atoms with Crippen molar-refractivity contribution in [1.29, 1.82) is 0 Å². The van der Waals surface area contributed by atoms with Gasteiger partial charge >= 0.3 is 0 Å². The van der Waals surface area contributed by atoms with Crippen LogP contribution < -0.4 is 5.32 Å². The van der Waals surface area contributed by atoms with Crippen molar-refractivity contribution in [3.8, 4) is 0 Å². The first-order chi connectivity index (χ1) is 9.56. The van der Waals surface area contributed by atoms with Crippen molar-refractivity contribution in [3.63, 3.8) is 0 Å². The van der Waals surface area contributed by atoms with E-state index in [1.807, 2.05) is 6.92 Å². The number of hydrogen-bond acceptors (Lipinski definition) is 4. The Hall–Kier alpha value is -1.20. The van der Waals surface area contributed by atoms with Gasteiger partial charge in [-0.15, -0.1) is 0 Å². The molecule has 6 heteroatoms. The minimum Gasteiger partial charge on any atom is -0.348 e. The number of nitrogens with one attached hydrogen (secondary N) is 1. The lowest BCUT2D eigenvalue weighted by Crippen LogP contribution is -2.34. The topological polar surface area (TPSA) is 58.1 Å². The Kier molecular flexibility index (Phi) is 7.47. The smallest absolute Gasteiger partial charge is 0.271 e. The van der Waals surface area contributed by atoms with E-state index in [1.165, 1.54) is 12.4 Å². The van der Waals surface area contributed by atoms with Crippen LogP contribution in [0, 0.1) is 0 Å². The second kappa shape index (κ2) is 8.87. The highest BCUT2D eigenvalue weighted by molar-refractivity contribution is 6.29. The number of carbonyl (C=O) groups excluding carboxylic acids is 1. The number of rotatable bonds is 8. The average Bonchev–Trinajstić information content (AvgIpc) is 2.43. The van der Waals surface area contributed by atoms with Crippen LogP contribution in [-0.4, -0.2) is 46.5 Å². The minimum atomic E-state index is -0.227. The summed E-state index contributed by atoms with van der Waals surface area (Å²) in [6, 6.07) is 0.110. The van der Waals surface area contributed by atoms with Crippen LogP contribution in [-0.2, 0) is 0 Å². The molecule has 5 nitrogen and oxygen atoms in total. The molecule has 1 atom stereocenters. The maximum atomic E-state index is 11.9. The number of hydrogen-bond donors (Lipinski definition) is 1. The molecule has 112 valence electrons. The van der Waals surface area contributed by atoms with Gasteiger partial charge in [-0.2, -0.15) is 0 Å². The summed E-state index contributed by atoms with van der Waals surface area (Å²) >= 11 is 5.72. The predicted molar refractivity (Wildman–Crippen MR) is 81.0 cm³/mol. The average molecular weight is 299 g/mol. The highest BCUT2D eigenvalue weighted by Gasteiger charge is 2.12. The van der Waals surface area contributed by atoms with Crippen LogP contribution in [0.2, 0.25) is 5.15 Å². The standard InChI is InChI=1S/C14H23ClN4O/c1-4-19(5-2)8-6-7-11(3)17-14(20)12-9-16-10-13(15)18-12/h9-11H,4-8H2,1-3H3,(H,17,20). The third kappa shape index (κ3) is 5.84. The lowest BCUT2D eigenvalue weighted by Gasteiger charge is -2.19. The Morgan fingerprint density at radius 3 is 2.70 bits per heavy atom. The summed E-state index contributed by atoms with van der Waals surface area (Å²) in [7, 11) is 0. The van der Waals surface area contributed by atoms with Gasteiger partial charge < -0.3 is 10.2 Å². The molecule has 1 rings (SSSR count). The van der Waals surface area contributed by atoms with Crippen LogP contribution in [0.25, 0.3) is 0 Å². The van der Waals surface area contributed by atoms with Gasteiger partial charge in [0.15, 0.2) is 0 Å². The largest absolute Gasteiger partial charge is 0.348 e. The van der Waals surface area contributed by atoms with Gasteiger partial charge in [0.1, 0.15) is 10.8 Å².